The van der Waals surface area contributed by atoms with E-state index in [1.54, 1.807) is 30.5 Å². The highest BCUT2D eigenvalue weighted by molar-refractivity contribution is 6.05. The predicted octanol–water partition coefficient (Wildman–Crippen LogP) is 2.58. The van der Waals surface area contributed by atoms with E-state index in [-0.39, 0.29) is 11.3 Å². The zero-order chi connectivity index (χ0) is 20.1. The van der Waals surface area contributed by atoms with Crippen molar-refractivity contribution < 1.29 is 28.6 Å². The van der Waals surface area contributed by atoms with Gasteiger partial charge in [0.15, 0.2) is 0 Å². The molecule has 0 atom stereocenters. The van der Waals surface area contributed by atoms with Crippen LogP contribution < -0.4 is 4.90 Å². The second-order valence-corrected chi connectivity index (χ2v) is 5.74. The van der Waals surface area contributed by atoms with E-state index in [1.165, 1.54) is 32.3 Å². The summed E-state index contributed by atoms with van der Waals surface area (Å²) in [5.41, 5.74) is 2.46. The largest absolute Gasteiger partial charge is 0.465 e. The Labute approximate surface area is 157 Å². The molecule has 1 aliphatic rings. The molecule has 1 aromatic rings. The van der Waals surface area contributed by atoms with E-state index >= 15 is 0 Å². The Balaban J connectivity index is 2.74. The number of aryl methyl sites for hydroxylation is 1. The van der Waals surface area contributed by atoms with Crippen molar-refractivity contribution in [3.63, 3.8) is 0 Å². The van der Waals surface area contributed by atoms with Crippen LogP contribution in [0.1, 0.15) is 21.5 Å². The molecule has 7 heteroatoms. The Kier molecular flexibility index (Phi) is 6.18. The first-order chi connectivity index (χ1) is 12.8. The standard InChI is InChI=1S/C20H21NO6/c1-12-10-14(11-16(13(12)2)19(23)26-4)21-9-7-6-8-15(18(22)25-3)17(21)20(24)27-5/h6-11H,1-5H3. The maximum absolute atomic E-state index is 12.5. The summed E-state index contributed by atoms with van der Waals surface area (Å²) in [5, 5.41) is 0. The van der Waals surface area contributed by atoms with Gasteiger partial charge in [-0.25, -0.2) is 14.4 Å². The fourth-order valence-corrected chi connectivity index (χ4v) is 2.67. The second kappa shape index (κ2) is 8.35. The first-order valence-corrected chi connectivity index (χ1v) is 8.10. The van der Waals surface area contributed by atoms with Crippen molar-refractivity contribution in [2.75, 3.05) is 26.2 Å². The van der Waals surface area contributed by atoms with E-state index in [0.717, 1.165) is 11.1 Å². The Morgan fingerprint density at radius 3 is 2.07 bits per heavy atom. The monoisotopic (exact) mass is 371 g/mol. The van der Waals surface area contributed by atoms with Gasteiger partial charge < -0.3 is 19.1 Å². The van der Waals surface area contributed by atoms with Crippen LogP contribution in [0.4, 0.5) is 5.69 Å². The van der Waals surface area contributed by atoms with Crippen LogP contribution >= 0.6 is 0 Å². The lowest BCUT2D eigenvalue weighted by Gasteiger charge is -2.24. The summed E-state index contributed by atoms with van der Waals surface area (Å²) in [6, 6.07) is 3.40. The third-order valence-electron chi connectivity index (χ3n) is 4.22. The number of allylic oxidation sites excluding steroid dienone is 2. The molecule has 2 rings (SSSR count). The van der Waals surface area contributed by atoms with E-state index in [0.29, 0.717) is 11.3 Å². The SMILES string of the molecule is COC(=O)C1=C(C(=O)OC)N(c2cc(C)c(C)c(C(=O)OC)c2)C=CC=C1. The van der Waals surface area contributed by atoms with Gasteiger partial charge in [-0.2, -0.15) is 0 Å². The molecule has 0 aliphatic carbocycles. The third kappa shape index (κ3) is 3.92. The summed E-state index contributed by atoms with van der Waals surface area (Å²) in [7, 11) is 3.75. The smallest absolute Gasteiger partial charge is 0.355 e. The third-order valence-corrected chi connectivity index (χ3v) is 4.22. The molecule has 0 saturated carbocycles. The molecule has 0 aromatic heterocycles. The predicted molar refractivity (Wildman–Crippen MR) is 99.1 cm³/mol. The van der Waals surface area contributed by atoms with Gasteiger partial charge in [0.2, 0.25) is 0 Å². The summed E-state index contributed by atoms with van der Waals surface area (Å²) in [4.78, 5) is 38.3. The minimum atomic E-state index is -0.718. The number of methoxy groups -OCH3 is 3. The Morgan fingerprint density at radius 2 is 1.48 bits per heavy atom. The molecule has 142 valence electrons. The normalized spacial score (nSPS) is 13.3. The number of hydrogen-bond acceptors (Lipinski definition) is 7. The molecular weight excluding hydrogens is 350 g/mol. The highest BCUT2D eigenvalue weighted by atomic mass is 16.5. The number of rotatable bonds is 4. The van der Waals surface area contributed by atoms with Gasteiger partial charge in [0.25, 0.3) is 0 Å². The van der Waals surface area contributed by atoms with Gasteiger partial charge in [-0.3, -0.25) is 0 Å². The maximum Gasteiger partial charge on any atom is 0.355 e. The molecule has 0 amide bonds. The molecule has 0 unspecified atom stereocenters. The van der Waals surface area contributed by atoms with Crippen molar-refractivity contribution in [2.24, 2.45) is 0 Å². The lowest BCUT2D eigenvalue weighted by molar-refractivity contribution is -0.139. The van der Waals surface area contributed by atoms with Crippen LogP contribution in [0, 0.1) is 13.8 Å². The van der Waals surface area contributed by atoms with Gasteiger partial charge in [0.1, 0.15) is 5.70 Å². The van der Waals surface area contributed by atoms with Crippen molar-refractivity contribution in [1.82, 2.24) is 0 Å². The van der Waals surface area contributed by atoms with Crippen molar-refractivity contribution in [2.45, 2.75) is 13.8 Å². The number of benzene rings is 1. The zero-order valence-electron chi connectivity index (χ0n) is 15.9. The molecule has 0 saturated heterocycles. The highest BCUT2D eigenvalue weighted by Gasteiger charge is 2.28. The van der Waals surface area contributed by atoms with Gasteiger partial charge in [0.05, 0.1) is 32.5 Å². The number of nitrogens with zero attached hydrogens (tertiary/aromatic N) is 1. The van der Waals surface area contributed by atoms with Crippen LogP contribution in [0.15, 0.2) is 47.8 Å². The number of anilines is 1. The van der Waals surface area contributed by atoms with Gasteiger partial charge >= 0.3 is 17.9 Å². The van der Waals surface area contributed by atoms with E-state index in [4.69, 9.17) is 14.2 Å². The molecule has 0 N–H and O–H groups in total. The average molecular weight is 371 g/mol. The number of carbonyl (C=O) groups excluding carboxylic acids is 3. The first-order valence-electron chi connectivity index (χ1n) is 8.10. The molecular formula is C20H21NO6. The molecule has 1 heterocycles. The molecule has 7 nitrogen and oxygen atoms in total. The van der Waals surface area contributed by atoms with Crippen LogP contribution in [0.5, 0.6) is 0 Å². The van der Waals surface area contributed by atoms with Crippen molar-refractivity contribution in [1.29, 1.82) is 0 Å². The summed E-state index contributed by atoms with van der Waals surface area (Å²) in [5.74, 6) is -1.90. The number of carbonyl (C=O) groups is 3. The number of ether oxygens (including phenoxy) is 3. The summed E-state index contributed by atoms with van der Waals surface area (Å²) < 4.78 is 14.5. The fourth-order valence-electron chi connectivity index (χ4n) is 2.67. The summed E-state index contributed by atoms with van der Waals surface area (Å²) in [6.07, 6.45) is 6.34. The zero-order valence-corrected chi connectivity index (χ0v) is 15.9. The topological polar surface area (TPSA) is 82.1 Å². The highest BCUT2D eigenvalue weighted by Crippen LogP contribution is 2.30. The van der Waals surface area contributed by atoms with E-state index in [2.05, 4.69) is 0 Å². The molecule has 0 spiro atoms. The van der Waals surface area contributed by atoms with Gasteiger partial charge in [-0.15, -0.1) is 0 Å². The van der Waals surface area contributed by atoms with Crippen molar-refractivity contribution in [3.05, 3.63) is 64.5 Å². The van der Waals surface area contributed by atoms with Crippen LogP contribution in [0.2, 0.25) is 0 Å². The second-order valence-electron chi connectivity index (χ2n) is 5.74. The van der Waals surface area contributed by atoms with E-state index in [1.807, 2.05) is 13.8 Å². The molecule has 1 aromatic carbocycles. The van der Waals surface area contributed by atoms with Crippen LogP contribution in [0.25, 0.3) is 0 Å². The Bertz CT molecular complexity index is 879. The lowest BCUT2D eigenvalue weighted by Crippen LogP contribution is -2.27. The van der Waals surface area contributed by atoms with Crippen molar-refractivity contribution in [3.8, 4) is 0 Å². The van der Waals surface area contributed by atoms with Gasteiger partial charge in [-0.05, 0) is 49.3 Å². The molecule has 27 heavy (non-hydrogen) atoms. The molecule has 1 aliphatic heterocycles. The lowest BCUT2D eigenvalue weighted by atomic mass is 10.0. The number of esters is 3. The average Bonchev–Trinajstić information content (AvgIpc) is 2.91. The quantitative estimate of drug-likeness (QED) is 0.594. The van der Waals surface area contributed by atoms with Gasteiger partial charge in [-0.1, -0.05) is 6.08 Å². The molecule has 0 fully saturated rings. The number of hydrogen-bond donors (Lipinski definition) is 0. The first kappa shape index (κ1) is 20.0. The van der Waals surface area contributed by atoms with Crippen molar-refractivity contribution >= 4 is 23.6 Å². The summed E-state index contributed by atoms with van der Waals surface area (Å²) >= 11 is 0. The minimum Gasteiger partial charge on any atom is -0.465 e. The Morgan fingerprint density at radius 1 is 0.852 bits per heavy atom. The summed E-state index contributed by atoms with van der Waals surface area (Å²) in [6.45, 7) is 3.65. The van der Waals surface area contributed by atoms with Gasteiger partial charge in [0, 0.05) is 11.9 Å². The van der Waals surface area contributed by atoms with E-state index in [9.17, 15) is 14.4 Å². The fraction of sp³-hybridized carbons (Fsp3) is 0.250. The van der Waals surface area contributed by atoms with E-state index < -0.39 is 17.9 Å². The minimum absolute atomic E-state index is 0.0200. The molecule has 0 bridgehead atoms. The van der Waals surface area contributed by atoms with Crippen LogP contribution in [-0.4, -0.2) is 39.2 Å². The maximum atomic E-state index is 12.5. The van der Waals surface area contributed by atoms with Crippen LogP contribution in [0.3, 0.4) is 0 Å². The van der Waals surface area contributed by atoms with Crippen LogP contribution in [-0.2, 0) is 23.8 Å². The molecule has 0 radical (unpaired) electrons. The Hall–Kier alpha value is -3.35.